The fourth-order valence-corrected chi connectivity index (χ4v) is 4.33. The van der Waals surface area contributed by atoms with Gasteiger partial charge in [0.1, 0.15) is 0 Å². The number of fused-ring (bicyclic) bond motifs is 1. The molecule has 2 aliphatic carbocycles. The van der Waals surface area contributed by atoms with Gasteiger partial charge in [-0.3, -0.25) is 4.18 Å². The lowest BCUT2D eigenvalue weighted by Gasteiger charge is -2.42. The van der Waals surface area contributed by atoms with Crippen molar-refractivity contribution in [1.82, 2.24) is 0 Å². The van der Waals surface area contributed by atoms with Gasteiger partial charge in [0.25, 0.3) is 10.1 Å². The second kappa shape index (κ2) is 5.43. The Bertz CT molecular complexity index is 652. The zero-order valence-electron chi connectivity index (χ0n) is 13.1. The van der Waals surface area contributed by atoms with Gasteiger partial charge < -0.3 is 0 Å². The van der Waals surface area contributed by atoms with Crippen molar-refractivity contribution in [2.45, 2.75) is 80.0 Å². The molecular weight excluding hydrogens is 388 g/mol. The minimum Gasteiger partial charge on any atom is -0.266 e. The summed E-state index contributed by atoms with van der Waals surface area (Å²) in [4.78, 5) is 0. The van der Waals surface area contributed by atoms with Crippen LogP contribution in [0, 0.1) is 0 Å². The van der Waals surface area contributed by atoms with E-state index in [1.165, 1.54) is 13.8 Å². The van der Waals surface area contributed by atoms with E-state index in [1.807, 2.05) is 0 Å². The van der Waals surface area contributed by atoms with Crippen LogP contribution in [0.3, 0.4) is 0 Å². The smallest absolute Gasteiger partial charge is 0.266 e. The average Bonchev–Trinajstić information content (AvgIpc) is 2.53. The zero-order chi connectivity index (χ0) is 19.7. The molecule has 2 saturated carbocycles. The maximum absolute atomic E-state index is 14.7. The fraction of sp³-hybridized carbons (Fsp3) is 1.00. The molecule has 0 aromatic rings. The lowest BCUT2D eigenvalue weighted by Crippen LogP contribution is -2.61. The summed E-state index contributed by atoms with van der Waals surface area (Å²) in [6.45, 7) is 2.64. The molecule has 0 spiro atoms. The molecule has 0 N–H and O–H groups in total. The molecule has 0 bridgehead atoms. The average molecular weight is 404 g/mol. The van der Waals surface area contributed by atoms with Gasteiger partial charge >= 0.3 is 17.8 Å². The third-order valence-corrected chi connectivity index (χ3v) is 6.93. The van der Waals surface area contributed by atoms with Crippen LogP contribution in [0.4, 0.5) is 35.1 Å². The van der Waals surface area contributed by atoms with E-state index in [4.69, 9.17) is 0 Å². The summed E-state index contributed by atoms with van der Waals surface area (Å²) in [7, 11) is -4.39. The van der Waals surface area contributed by atoms with Crippen LogP contribution in [0.5, 0.6) is 0 Å². The first-order valence-electron chi connectivity index (χ1n) is 7.45. The maximum atomic E-state index is 14.7. The Morgan fingerprint density at radius 3 is 1.92 bits per heavy atom. The number of hydrogen-bond donors (Lipinski definition) is 0. The Kier molecular flexibility index (Phi) is 4.49. The van der Waals surface area contributed by atoms with Gasteiger partial charge in [0.05, 0.1) is 11.4 Å². The number of hydrogen-bond acceptors (Lipinski definition) is 3. The highest BCUT2D eigenvalue weighted by atomic mass is 32.2. The first-order chi connectivity index (χ1) is 11.0. The largest absolute Gasteiger partial charge is 0.378 e. The molecule has 0 saturated heterocycles. The van der Waals surface area contributed by atoms with Crippen LogP contribution in [0.15, 0.2) is 0 Å². The monoisotopic (exact) mass is 404 g/mol. The molecule has 25 heavy (non-hydrogen) atoms. The van der Waals surface area contributed by atoms with E-state index in [0.29, 0.717) is 0 Å². The summed E-state index contributed by atoms with van der Waals surface area (Å²) in [6.07, 6.45) is -6.52. The maximum Gasteiger partial charge on any atom is 0.378 e. The Hall–Kier alpha value is -0.650. The molecule has 2 fully saturated rings. The van der Waals surface area contributed by atoms with Gasteiger partial charge in [-0.15, -0.1) is 0 Å². The molecule has 0 heterocycles. The summed E-state index contributed by atoms with van der Waals surface area (Å²) in [5.74, 6) is -18.3. The van der Waals surface area contributed by atoms with Crippen molar-refractivity contribution >= 4 is 10.1 Å². The second-order valence-electron chi connectivity index (χ2n) is 6.50. The van der Waals surface area contributed by atoms with Crippen LogP contribution < -0.4 is 0 Å². The molecule has 0 amide bonds. The third kappa shape index (κ3) is 2.28. The summed E-state index contributed by atoms with van der Waals surface area (Å²) < 4.78 is 139. The lowest BCUT2D eigenvalue weighted by molar-refractivity contribution is -0.292. The summed E-state index contributed by atoms with van der Waals surface area (Å²) in [5.41, 5.74) is -9.81. The van der Waals surface area contributed by atoms with Gasteiger partial charge in [-0.1, -0.05) is 6.92 Å². The van der Waals surface area contributed by atoms with Crippen molar-refractivity contribution in [3.63, 3.8) is 0 Å². The van der Waals surface area contributed by atoms with E-state index in [2.05, 4.69) is 4.18 Å². The highest BCUT2D eigenvalue weighted by molar-refractivity contribution is 7.87. The minimum absolute atomic E-state index is 0.0369. The van der Waals surface area contributed by atoms with E-state index >= 15 is 0 Å². The second-order valence-corrected chi connectivity index (χ2v) is 8.48. The van der Waals surface area contributed by atoms with Gasteiger partial charge in [-0.25, -0.2) is 8.78 Å². The van der Waals surface area contributed by atoms with Crippen molar-refractivity contribution in [2.75, 3.05) is 0 Å². The number of rotatable bonds is 4. The van der Waals surface area contributed by atoms with Crippen LogP contribution >= 0.6 is 0 Å². The van der Waals surface area contributed by atoms with Gasteiger partial charge in [-0.05, 0) is 26.2 Å². The predicted octanol–water partition coefficient (Wildman–Crippen LogP) is 4.02. The van der Waals surface area contributed by atoms with E-state index in [9.17, 15) is 43.5 Å². The summed E-state index contributed by atoms with van der Waals surface area (Å²) in [5, 5.41) is -1.13. The fourth-order valence-electron chi connectivity index (χ4n) is 3.18. The molecule has 4 atom stereocenters. The van der Waals surface area contributed by atoms with Crippen LogP contribution in [0.2, 0.25) is 0 Å². The molecule has 4 unspecified atom stereocenters. The standard InChI is InChI=1S/C13H16F8O3S/c1-3-7(2)25(22,23)24-8-4-5-9(14)10(15,6-8)12(18,19)13(20,21)11(9,16)17/h7-8H,3-6H2,1-2H3. The Labute approximate surface area is 138 Å². The number of halogens is 8. The molecule has 148 valence electrons. The SMILES string of the molecule is CCC(C)S(=O)(=O)OC1CCC2(F)C(F)(F)C(F)(F)C(F)(F)C2(F)C1. The van der Waals surface area contributed by atoms with E-state index < -0.39 is 69.8 Å². The normalized spacial score (nSPS) is 40.5. The lowest BCUT2D eigenvalue weighted by atomic mass is 9.73. The van der Waals surface area contributed by atoms with Crippen LogP contribution in [-0.4, -0.2) is 48.9 Å². The van der Waals surface area contributed by atoms with Crippen molar-refractivity contribution in [1.29, 1.82) is 0 Å². The Morgan fingerprint density at radius 1 is 0.960 bits per heavy atom. The summed E-state index contributed by atoms with van der Waals surface area (Å²) >= 11 is 0. The topological polar surface area (TPSA) is 43.4 Å². The van der Waals surface area contributed by atoms with Gasteiger partial charge in [0, 0.05) is 6.42 Å². The van der Waals surface area contributed by atoms with Crippen LogP contribution in [0.25, 0.3) is 0 Å². The van der Waals surface area contributed by atoms with Crippen LogP contribution in [-0.2, 0) is 14.3 Å². The molecule has 0 aromatic carbocycles. The summed E-state index contributed by atoms with van der Waals surface area (Å²) in [6, 6.07) is 0. The van der Waals surface area contributed by atoms with Crippen molar-refractivity contribution in [3.05, 3.63) is 0 Å². The van der Waals surface area contributed by atoms with Crippen molar-refractivity contribution in [2.24, 2.45) is 0 Å². The highest BCUT2D eigenvalue weighted by Gasteiger charge is 2.99. The van der Waals surface area contributed by atoms with E-state index in [1.54, 1.807) is 0 Å². The molecule has 3 nitrogen and oxygen atoms in total. The molecule has 0 aliphatic heterocycles. The molecule has 2 aliphatic rings. The van der Waals surface area contributed by atoms with Crippen molar-refractivity contribution < 1.29 is 47.7 Å². The first-order valence-corrected chi connectivity index (χ1v) is 8.92. The van der Waals surface area contributed by atoms with E-state index in [0.717, 1.165) is 0 Å². The molecule has 0 radical (unpaired) electrons. The van der Waals surface area contributed by atoms with Gasteiger partial charge in [0.2, 0.25) is 11.3 Å². The molecule has 12 heteroatoms. The molecular formula is C13H16F8O3S. The minimum atomic E-state index is -6.27. The van der Waals surface area contributed by atoms with Gasteiger partial charge in [0.15, 0.2) is 0 Å². The quantitative estimate of drug-likeness (QED) is 0.525. The first kappa shape index (κ1) is 20.7. The number of alkyl halides is 8. The zero-order valence-corrected chi connectivity index (χ0v) is 14.0. The van der Waals surface area contributed by atoms with Crippen LogP contribution in [0.1, 0.15) is 39.5 Å². The molecule has 2 rings (SSSR count). The van der Waals surface area contributed by atoms with Crippen molar-refractivity contribution in [3.8, 4) is 0 Å². The van der Waals surface area contributed by atoms with Gasteiger partial charge in [-0.2, -0.15) is 34.8 Å². The van der Waals surface area contributed by atoms with E-state index in [-0.39, 0.29) is 6.42 Å². The third-order valence-electron chi connectivity index (χ3n) is 5.07. The highest BCUT2D eigenvalue weighted by Crippen LogP contribution is 2.72. The molecule has 0 aromatic heterocycles. The Morgan fingerprint density at radius 2 is 1.44 bits per heavy atom. The predicted molar refractivity (Wildman–Crippen MR) is 69.9 cm³/mol. The Balaban J connectivity index is 2.42.